The molecule has 0 aliphatic rings. The fraction of sp³-hybridized carbons (Fsp3) is 0.250. The number of pyridine rings is 1. The Morgan fingerprint density at radius 1 is 1.24 bits per heavy atom. The largest absolute Gasteiger partial charge is 0.496 e. The molecule has 0 unspecified atom stereocenters. The van der Waals surface area contributed by atoms with Crippen LogP contribution < -0.4 is 4.74 Å². The van der Waals surface area contributed by atoms with Gasteiger partial charge in [0.05, 0.1) is 29.3 Å². The van der Waals surface area contributed by atoms with Crippen molar-refractivity contribution in [1.82, 2.24) is 4.98 Å². The predicted octanol–water partition coefficient (Wildman–Crippen LogP) is 4.44. The van der Waals surface area contributed by atoms with Crippen LogP contribution in [-0.2, 0) is 6.42 Å². The molecule has 1 heterocycles. The summed E-state index contributed by atoms with van der Waals surface area (Å²) in [6.07, 6.45) is 1.91. The molecule has 0 atom stereocenters. The van der Waals surface area contributed by atoms with Crippen molar-refractivity contribution in [3.63, 3.8) is 0 Å². The molecule has 3 nitrogen and oxygen atoms in total. The molecular formula is C16H15Cl2NO2. The summed E-state index contributed by atoms with van der Waals surface area (Å²) in [5, 5.41) is 0.799. The number of nitrogens with zero attached hydrogens (tertiary/aromatic N) is 1. The van der Waals surface area contributed by atoms with Crippen LogP contribution in [0, 0.1) is 13.8 Å². The number of carbonyl (C=O) groups is 1. The van der Waals surface area contributed by atoms with E-state index in [1.54, 1.807) is 31.5 Å². The Labute approximate surface area is 133 Å². The molecule has 0 amide bonds. The van der Waals surface area contributed by atoms with Crippen LogP contribution in [0.1, 0.15) is 27.2 Å². The summed E-state index contributed by atoms with van der Waals surface area (Å²) in [5.41, 5.74) is 3.05. The first-order valence-electron chi connectivity index (χ1n) is 6.41. The number of rotatable bonds is 4. The van der Waals surface area contributed by atoms with Crippen molar-refractivity contribution in [3.05, 3.63) is 56.8 Å². The van der Waals surface area contributed by atoms with Gasteiger partial charge in [0.15, 0.2) is 5.78 Å². The fourth-order valence-corrected chi connectivity index (χ4v) is 2.47. The van der Waals surface area contributed by atoms with Crippen molar-refractivity contribution in [2.45, 2.75) is 20.3 Å². The normalized spacial score (nSPS) is 10.5. The van der Waals surface area contributed by atoms with Gasteiger partial charge in [0.25, 0.3) is 0 Å². The van der Waals surface area contributed by atoms with Crippen molar-refractivity contribution in [2.75, 3.05) is 7.11 Å². The first kappa shape index (κ1) is 15.8. The SMILES string of the molecule is COc1c(C)cnc(CC(=O)c2ccc(Cl)c(Cl)c2)c1C. The lowest BCUT2D eigenvalue weighted by molar-refractivity contribution is 0.0991. The van der Waals surface area contributed by atoms with Crippen molar-refractivity contribution in [2.24, 2.45) is 0 Å². The van der Waals surface area contributed by atoms with Crippen LogP contribution in [-0.4, -0.2) is 17.9 Å². The number of methoxy groups -OCH3 is 1. The molecule has 1 aromatic carbocycles. The van der Waals surface area contributed by atoms with Crippen molar-refractivity contribution >= 4 is 29.0 Å². The molecule has 2 aromatic rings. The van der Waals surface area contributed by atoms with Gasteiger partial charge in [-0.1, -0.05) is 23.2 Å². The van der Waals surface area contributed by atoms with Crippen molar-refractivity contribution in [3.8, 4) is 5.75 Å². The zero-order valence-corrected chi connectivity index (χ0v) is 13.5. The summed E-state index contributed by atoms with van der Waals surface area (Å²) in [6, 6.07) is 4.86. The Morgan fingerprint density at radius 2 is 1.95 bits per heavy atom. The minimum absolute atomic E-state index is 0.0601. The number of benzene rings is 1. The Morgan fingerprint density at radius 3 is 2.57 bits per heavy atom. The molecule has 0 radical (unpaired) electrons. The average Bonchev–Trinajstić information content (AvgIpc) is 2.45. The van der Waals surface area contributed by atoms with E-state index in [4.69, 9.17) is 27.9 Å². The van der Waals surface area contributed by atoms with Crippen LogP contribution in [0.25, 0.3) is 0 Å². The molecule has 0 N–H and O–H groups in total. The molecule has 0 bridgehead atoms. The molecule has 1 aromatic heterocycles. The summed E-state index contributed by atoms with van der Waals surface area (Å²) in [6.45, 7) is 3.82. The highest BCUT2D eigenvalue weighted by Crippen LogP contribution is 2.26. The first-order valence-corrected chi connectivity index (χ1v) is 7.17. The molecular weight excluding hydrogens is 309 g/mol. The topological polar surface area (TPSA) is 39.2 Å². The zero-order chi connectivity index (χ0) is 15.6. The van der Waals surface area contributed by atoms with Crippen LogP contribution in [0.15, 0.2) is 24.4 Å². The molecule has 0 saturated heterocycles. The fourth-order valence-electron chi connectivity index (χ4n) is 2.17. The highest BCUT2D eigenvalue weighted by molar-refractivity contribution is 6.42. The number of aromatic nitrogens is 1. The molecule has 0 aliphatic carbocycles. The van der Waals surface area contributed by atoms with Gasteiger partial charge in [0, 0.05) is 22.9 Å². The maximum absolute atomic E-state index is 12.3. The van der Waals surface area contributed by atoms with Crippen molar-refractivity contribution in [1.29, 1.82) is 0 Å². The van der Waals surface area contributed by atoms with Gasteiger partial charge < -0.3 is 4.74 Å². The van der Waals surface area contributed by atoms with Gasteiger partial charge in [-0.2, -0.15) is 0 Å². The molecule has 0 aliphatic heterocycles. The van der Waals surface area contributed by atoms with Crippen LogP contribution in [0.3, 0.4) is 0 Å². The lowest BCUT2D eigenvalue weighted by Gasteiger charge is -2.12. The van der Waals surface area contributed by atoms with Crippen LogP contribution in [0.5, 0.6) is 5.75 Å². The third kappa shape index (κ3) is 3.36. The molecule has 21 heavy (non-hydrogen) atoms. The first-order chi connectivity index (χ1) is 9.93. The maximum atomic E-state index is 12.3. The summed E-state index contributed by atoms with van der Waals surface area (Å²) in [4.78, 5) is 16.7. The van der Waals surface area contributed by atoms with Gasteiger partial charge in [0.2, 0.25) is 0 Å². The monoisotopic (exact) mass is 323 g/mol. The summed E-state index contributed by atoms with van der Waals surface area (Å²) in [7, 11) is 1.61. The highest BCUT2D eigenvalue weighted by atomic mass is 35.5. The second-order valence-electron chi connectivity index (χ2n) is 4.77. The lowest BCUT2D eigenvalue weighted by atomic mass is 10.0. The number of carbonyl (C=O) groups excluding carboxylic acids is 1. The number of aryl methyl sites for hydroxylation is 1. The third-order valence-electron chi connectivity index (χ3n) is 3.32. The lowest BCUT2D eigenvalue weighted by Crippen LogP contribution is -2.08. The minimum atomic E-state index is -0.0601. The Balaban J connectivity index is 2.29. The highest BCUT2D eigenvalue weighted by Gasteiger charge is 2.15. The van der Waals surface area contributed by atoms with Gasteiger partial charge in [-0.15, -0.1) is 0 Å². The van der Waals surface area contributed by atoms with Crippen LogP contribution in [0.4, 0.5) is 0 Å². The van der Waals surface area contributed by atoms with E-state index in [1.165, 1.54) is 0 Å². The molecule has 2 rings (SSSR count). The van der Waals surface area contributed by atoms with E-state index in [2.05, 4.69) is 4.98 Å². The predicted molar refractivity (Wildman–Crippen MR) is 84.8 cm³/mol. The van der Waals surface area contributed by atoms with Crippen LogP contribution >= 0.6 is 23.2 Å². The quantitative estimate of drug-likeness (QED) is 0.781. The average molecular weight is 324 g/mol. The molecule has 0 spiro atoms. The van der Waals surface area contributed by atoms with E-state index < -0.39 is 0 Å². The van der Waals surface area contributed by atoms with E-state index in [0.29, 0.717) is 21.3 Å². The maximum Gasteiger partial charge on any atom is 0.168 e. The van der Waals surface area contributed by atoms with E-state index in [-0.39, 0.29) is 12.2 Å². The summed E-state index contributed by atoms with van der Waals surface area (Å²) < 4.78 is 5.35. The van der Waals surface area contributed by atoms with Gasteiger partial charge in [-0.25, -0.2) is 0 Å². The van der Waals surface area contributed by atoms with Gasteiger partial charge in [-0.05, 0) is 32.0 Å². The summed E-state index contributed by atoms with van der Waals surface area (Å²) in [5.74, 6) is 0.706. The Kier molecular flexibility index (Phi) is 4.86. The number of hydrogen-bond donors (Lipinski definition) is 0. The summed E-state index contributed by atoms with van der Waals surface area (Å²) >= 11 is 11.8. The van der Waals surface area contributed by atoms with Gasteiger partial charge >= 0.3 is 0 Å². The van der Waals surface area contributed by atoms with E-state index >= 15 is 0 Å². The van der Waals surface area contributed by atoms with Crippen LogP contribution in [0.2, 0.25) is 10.0 Å². The number of hydrogen-bond acceptors (Lipinski definition) is 3. The minimum Gasteiger partial charge on any atom is -0.496 e. The van der Waals surface area contributed by atoms with Gasteiger partial charge in [-0.3, -0.25) is 9.78 Å². The number of halogens is 2. The number of ketones is 1. The molecule has 0 saturated carbocycles. The third-order valence-corrected chi connectivity index (χ3v) is 4.06. The number of ether oxygens (including phenoxy) is 1. The number of Topliss-reactive ketones (excluding diaryl/α,β-unsaturated/α-hetero) is 1. The molecule has 5 heteroatoms. The second kappa shape index (κ2) is 6.46. The standard InChI is InChI=1S/C16H15Cl2NO2/c1-9-8-19-14(10(2)16(9)21-3)7-15(20)11-4-5-12(17)13(18)6-11/h4-6,8H,7H2,1-3H3. The van der Waals surface area contributed by atoms with Gasteiger partial charge in [0.1, 0.15) is 5.75 Å². The Bertz CT molecular complexity index is 699. The molecule has 110 valence electrons. The van der Waals surface area contributed by atoms with Crippen molar-refractivity contribution < 1.29 is 9.53 Å². The second-order valence-corrected chi connectivity index (χ2v) is 5.59. The van der Waals surface area contributed by atoms with E-state index in [0.717, 1.165) is 16.9 Å². The molecule has 0 fully saturated rings. The van der Waals surface area contributed by atoms with E-state index in [1.807, 2.05) is 13.8 Å². The zero-order valence-electron chi connectivity index (χ0n) is 12.0. The Hall–Kier alpha value is -1.58. The smallest absolute Gasteiger partial charge is 0.168 e. The van der Waals surface area contributed by atoms with E-state index in [9.17, 15) is 4.79 Å².